The monoisotopic (exact) mass is 387 g/mol. The number of pyridine rings is 1. The Hall–Kier alpha value is -2.15. The minimum Gasteiger partial charge on any atom is -0.198 e. The predicted octanol–water partition coefficient (Wildman–Crippen LogP) is 7.29. The van der Waals surface area contributed by atoms with Gasteiger partial charge in [-0.1, -0.05) is 64.3 Å². The number of hydrogen-bond donors (Lipinski definition) is 0. The Labute approximate surface area is 178 Å². The van der Waals surface area contributed by atoms with Crippen LogP contribution in [0, 0.1) is 13.8 Å². The molecule has 0 atom stereocenters. The molecule has 0 spiro atoms. The lowest BCUT2D eigenvalue weighted by Crippen LogP contribution is -2.35. The highest BCUT2D eigenvalue weighted by molar-refractivity contribution is 5.94. The Morgan fingerprint density at radius 3 is 2.38 bits per heavy atom. The van der Waals surface area contributed by atoms with Crippen LogP contribution in [-0.2, 0) is 12.5 Å². The minimum absolute atomic E-state index is 0.107. The number of nitrogens with zero attached hydrogens (tertiary/aromatic N) is 1. The van der Waals surface area contributed by atoms with Crippen LogP contribution < -0.4 is 4.57 Å². The van der Waals surface area contributed by atoms with E-state index in [0.29, 0.717) is 12.0 Å². The van der Waals surface area contributed by atoms with Crippen LogP contribution in [-0.4, -0.2) is 0 Å². The Morgan fingerprint density at radius 2 is 1.69 bits per heavy atom. The van der Waals surface area contributed by atoms with Gasteiger partial charge in [-0.15, -0.1) is 0 Å². The molecule has 0 bridgehead atoms. The molecule has 1 fully saturated rings. The molecule has 1 saturated carbocycles. The van der Waals surface area contributed by atoms with E-state index in [4.69, 9.17) is 1.37 Å². The lowest BCUT2D eigenvalue weighted by atomic mass is 9.82. The van der Waals surface area contributed by atoms with Gasteiger partial charge in [0.1, 0.15) is 7.05 Å². The van der Waals surface area contributed by atoms with Crippen LogP contribution in [0.3, 0.4) is 0 Å². The third-order valence-corrected chi connectivity index (χ3v) is 6.89. The fraction of sp³-hybridized carbons (Fsp3) is 0.464. The molecule has 1 aromatic heterocycles. The van der Waals surface area contributed by atoms with E-state index in [1.54, 1.807) is 0 Å². The summed E-state index contributed by atoms with van der Waals surface area (Å²) in [6.45, 7) is 11.1. The maximum Gasteiger partial charge on any atom is 0.220 e. The molecular weight excluding hydrogens is 350 g/mol. The number of benzene rings is 2. The molecule has 1 heterocycles. The molecule has 2 aromatic carbocycles. The minimum atomic E-state index is 0.107. The molecule has 0 aliphatic heterocycles. The molecule has 0 radical (unpaired) electrons. The Balaban J connectivity index is 1.97. The highest BCUT2D eigenvalue weighted by atomic mass is 14.9. The molecule has 1 nitrogen and oxygen atoms in total. The van der Waals surface area contributed by atoms with Gasteiger partial charge in [0.25, 0.3) is 0 Å². The molecule has 0 unspecified atom stereocenters. The van der Waals surface area contributed by atoms with Crippen molar-refractivity contribution in [1.82, 2.24) is 0 Å². The zero-order chi connectivity index (χ0) is 21.6. The van der Waals surface area contributed by atoms with Gasteiger partial charge < -0.3 is 0 Å². The highest BCUT2D eigenvalue weighted by Gasteiger charge is 2.23. The molecule has 152 valence electrons. The number of hydrogen-bond acceptors (Lipinski definition) is 0. The smallest absolute Gasteiger partial charge is 0.198 e. The lowest BCUT2D eigenvalue weighted by molar-refractivity contribution is -0.665. The van der Waals surface area contributed by atoms with Crippen molar-refractivity contribution in [3.63, 3.8) is 0 Å². The van der Waals surface area contributed by atoms with E-state index in [2.05, 4.69) is 82.6 Å². The van der Waals surface area contributed by atoms with Crippen molar-refractivity contribution in [3.8, 4) is 11.3 Å². The predicted molar refractivity (Wildman–Crippen MR) is 125 cm³/mol. The Morgan fingerprint density at radius 1 is 0.966 bits per heavy atom. The summed E-state index contributed by atoms with van der Waals surface area (Å²) in [5, 5.41) is 2.30. The van der Waals surface area contributed by atoms with Gasteiger partial charge in [0.15, 0.2) is 5.69 Å². The third kappa shape index (κ3) is 3.84. The van der Waals surface area contributed by atoms with Gasteiger partial charge >= 0.3 is 0 Å². The second-order valence-electron chi connectivity index (χ2n) is 10.0. The van der Waals surface area contributed by atoms with Crippen molar-refractivity contribution in [2.75, 3.05) is 0 Å². The lowest BCUT2D eigenvalue weighted by Gasteiger charge is -2.23. The summed E-state index contributed by atoms with van der Waals surface area (Å²) in [5.41, 5.74) is 7.71. The first-order valence-corrected chi connectivity index (χ1v) is 11.2. The van der Waals surface area contributed by atoms with Crippen molar-refractivity contribution >= 4 is 10.8 Å². The molecule has 1 heteroatoms. The number of rotatable bonds is 2. The second-order valence-corrected chi connectivity index (χ2v) is 10.0. The summed E-state index contributed by atoms with van der Waals surface area (Å²) >= 11 is 0. The van der Waals surface area contributed by atoms with E-state index < -0.39 is 0 Å². The van der Waals surface area contributed by atoms with Crippen LogP contribution >= 0.6 is 0 Å². The van der Waals surface area contributed by atoms with Gasteiger partial charge in [-0.25, -0.2) is 0 Å². The summed E-state index contributed by atoms with van der Waals surface area (Å²) < 4.78 is 11.1. The largest absolute Gasteiger partial charge is 0.220 e. The summed E-state index contributed by atoms with van der Waals surface area (Å²) in [6, 6.07) is 14.5. The molecule has 1 aliphatic rings. The molecule has 3 aromatic rings. The van der Waals surface area contributed by atoms with Gasteiger partial charge in [0, 0.05) is 13.0 Å². The summed E-state index contributed by atoms with van der Waals surface area (Å²) in [7, 11) is 2.11. The average Bonchev–Trinajstić information content (AvgIpc) is 2.73. The van der Waals surface area contributed by atoms with E-state index in [1.165, 1.54) is 65.4 Å². The number of fused-ring (bicyclic) bond motifs is 1. The van der Waals surface area contributed by atoms with Crippen LogP contribution in [0.4, 0.5) is 0 Å². The fourth-order valence-corrected chi connectivity index (χ4v) is 4.86. The van der Waals surface area contributed by atoms with Gasteiger partial charge in [-0.05, 0) is 65.3 Å². The summed E-state index contributed by atoms with van der Waals surface area (Å²) in [4.78, 5) is 0. The van der Waals surface area contributed by atoms with E-state index in [1.807, 2.05) is 0 Å². The maximum absolute atomic E-state index is 8.87. The standard InChI is InChI=1S/C28H36N/c1-19-12-14-24(28(3,4)5)18-26(19)27-25-15-13-22(21-10-8-7-9-11-21)17-23(25)16-20(2)29(27)6/h12-18,21H,7-11H2,1-6H3/q+1/i16D. The zero-order valence-electron chi connectivity index (χ0n) is 20.0. The molecule has 0 saturated heterocycles. The number of aromatic nitrogens is 1. The van der Waals surface area contributed by atoms with Crippen LogP contribution in [0.5, 0.6) is 0 Å². The quantitative estimate of drug-likeness (QED) is 0.406. The SMILES string of the molecule is [2H]c1c(C)[n+](C)c(-c2cc(C(C)(C)C)ccc2C)c2ccc(C3CCCCC3)cc12. The van der Waals surface area contributed by atoms with Crippen LogP contribution in [0.25, 0.3) is 22.0 Å². The first-order chi connectivity index (χ1) is 14.2. The van der Waals surface area contributed by atoms with Crippen LogP contribution in [0.2, 0.25) is 0 Å². The van der Waals surface area contributed by atoms with Crippen molar-refractivity contribution in [2.24, 2.45) is 7.05 Å². The van der Waals surface area contributed by atoms with Crippen LogP contribution in [0.15, 0.2) is 42.4 Å². The molecular formula is C28H36N+. The molecule has 29 heavy (non-hydrogen) atoms. The normalized spacial score (nSPS) is 16.3. The first-order valence-electron chi connectivity index (χ1n) is 11.7. The van der Waals surface area contributed by atoms with Crippen molar-refractivity contribution in [1.29, 1.82) is 0 Å². The second kappa shape index (κ2) is 7.59. The van der Waals surface area contributed by atoms with E-state index in [0.717, 1.165) is 11.1 Å². The van der Waals surface area contributed by atoms with E-state index in [-0.39, 0.29) is 5.41 Å². The molecule has 4 rings (SSSR count). The fourth-order valence-electron chi connectivity index (χ4n) is 4.86. The summed E-state index contributed by atoms with van der Waals surface area (Å²) in [5.74, 6) is 0.659. The van der Waals surface area contributed by atoms with Gasteiger partial charge in [-0.3, -0.25) is 0 Å². The highest BCUT2D eigenvalue weighted by Crippen LogP contribution is 2.37. The van der Waals surface area contributed by atoms with Crippen molar-refractivity contribution in [3.05, 3.63) is 64.8 Å². The average molecular weight is 388 g/mol. The van der Waals surface area contributed by atoms with Crippen molar-refractivity contribution in [2.45, 2.75) is 78.1 Å². The van der Waals surface area contributed by atoms with E-state index >= 15 is 0 Å². The third-order valence-electron chi connectivity index (χ3n) is 6.89. The summed E-state index contributed by atoms with van der Waals surface area (Å²) in [6.07, 6.45) is 6.62. The Kier molecular flexibility index (Phi) is 4.94. The Bertz CT molecular complexity index is 1100. The number of aryl methyl sites for hydroxylation is 1. The maximum atomic E-state index is 8.87. The molecule has 0 N–H and O–H groups in total. The molecule has 1 aliphatic carbocycles. The zero-order valence-corrected chi connectivity index (χ0v) is 19.0. The van der Waals surface area contributed by atoms with Gasteiger partial charge in [0.2, 0.25) is 5.69 Å². The topological polar surface area (TPSA) is 3.88 Å². The molecule has 0 amide bonds. The van der Waals surface area contributed by atoms with Crippen molar-refractivity contribution < 1.29 is 5.94 Å². The first kappa shape index (κ1) is 18.9. The van der Waals surface area contributed by atoms with E-state index in [9.17, 15) is 0 Å². The van der Waals surface area contributed by atoms with Crippen LogP contribution in [0.1, 0.15) is 82.5 Å². The van der Waals surface area contributed by atoms with Gasteiger partial charge in [-0.2, -0.15) is 4.57 Å². The van der Waals surface area contributed by atoms with Gasteiger partial charge in [0.05, 0.1) is 12.3 Å².